The topological polar surface area (TPSA) is 54.9 Å². The van der Waals surface area contributed by atoms with Crippen molar-refractivity contribution in [1.82, 2.24) is 14.9 Å². The second-order valence-corrected chi connectivity index (χ2v) is 5.37. The van der Waals surface area contributed by atoms with Gasteiger partial charge in [0, 0.05) is 6.04 Å². The van der Waals surface area contributed by atoms with E-state index in [9.17, 15) is 4.79 Å². The maximum absolute atomic E-state index is 11.9. The van der Waals surface area contributed by atoms with Crippen molar-refractivity contribution in [2.45, 2.75) is 45.6 Å². The summed E-state index contributed by atoms with van der Waals surface area (Å²) in [4.78, 5) is 12.5. The summed E-state index contributed by atoms with van der Waals surface area (Å²) in [5.41, 5.74) is 0.728. The van der Waals surface area contributed by atoms with Gasteiger partial charge < -0.3 is 5.32 Å². The molecule has 0 spiro atoms. The van der Waals surface area contributed by atoms with Crippen LogP contribution >= 0.6 is 11.5 Å². The minimum absolute atomic E-state index is 0.00736. The van der Waals surface area contributed by atoms with E-state index in [-0.39, 0.29) is 5.91 Å². The van der Waals surface area contributed by atoms with E-state index in [0.717, 1.165) is 24.5 Å². The van der Waals surface area contributed by atoms with Crippen LogP contribution in [0.25, 0.3) is 0 Å². The van der Waals surface area contributed by atoms with Crippen molar-refractivity contribution in [1.29, 1.82) is 0 Å². The predicted octanol–water partition coefficient (Wildman–Crippen LogP) is 2.16. The lowest BCUT2D eigenvalue weighted by atomic mass is 9.87. The SMILES string of the molecule is Cc1nnsc1C(=O)NC1CCC(C)CC1. The maximum Gasteiger partial charge on any atom is 0.265 e. The first kappa shape index (κ1) is 11.5. The van der Waals surface area contributed by atoms with E-state index >= 15 is 0 Å². The summed E-state index contributed by atoms with van der Waals surface area (Å²) in [5.74, 6) is 0.798. The van der Waals surface area contributed by atoms with Crippen LogP contribution in [0.15, 0.2) is 0 Å². The Morgan fingerprint density at radius 3 is 2.62 bits per heavy atom. The standard InChI is InChI=1S/C11H17N3OS/c1-7-3-5-9(6-4-7)12-11(15)10-8(2)13-14-16-10/h7,9H,3-6H2,1-2H3,(H,12,15). The van der Waals surface area contributed by atoms with Crippen LogP contribution in [-0.2, 0) is 0 Å². The minimum atomic E-state index is -0.00736. The van der Waals surface area contributed by atoms with Crippen molar-refractivity contribution >= 4 is 17.4 Å². The number of amides is 1. The first-order chi connectivity index (χ1) is 7.66. The van der Waals surface area contributed by atoms with Crippen LogP contribution in [-0.4, -0.2) is 21.5 Å². The number of carbonyl (C=O) groups is 1. The van der Waals surface area contributed by atoms with Gasteiger partial charge in [-0.2, -0.15) is 0 Å². The Labute approximate surface area is 99.6 Å². The zero-order valence-corrected chi connectivity index (χ0v) is 10.5. The molecule has 0 aromatic carbocycles. The Balaban J connectivity index is 1.91. The first-order valence-corrected chi connectivity index (χ1v) is 6.54. The van der Waals surface area contributed by atoms with E-state index in [1.807, 2.05) is 6.92 Å². The highest BCUT2D eigenvalue weighted by Gasteiger charge is 2.21. The van der Waals surface area contributed by atoms with Crippen molar-refractivity contribution < 1.29 is 4.79 Å². The molecule has 0 saturated heterocycles. The van der Waals surface area contributed by atoms with E-state index in [1.165, 1.54) is 24.4 Å². The molecular weight excluding hydrogens is 222 g/mol. The molecule has 1 fully saturated rings. The third-order valence-corrected chi connectivity index (χ3v) is 4.04. The summed E-state index contributed by atoms with van der Waals surface area (Å²) in [6, 6.07) is 0.338. The van der Waals surface area contributed by atoms with Crippen molar-refractivity contribution in [3.63, 3.8) is 0 Å². The largest absolute Gasteiger partial charge is 0.349 e. The number of aromatic nitrogens is 2. The van der Waals surface area contributed by atoms with Crippen molar-refractivity contribution in [2.24, 2.45) is 5.92 Å². The number of nitrogens with one attached hydrogen (secondary N) is 1. The van der Waals surface area contributed by atoms with E-state index < -0.39 is 0 Å². The van der Waals surface area contributed by atoms with Crippen LogP contribution in [0.5, 0.6) is 0 Å². The van der Waals surface area contributed by atoms with Gasteiger partial charge >= 0.3 is 0 Å². The molecule has 1 aromatic heterocycles. The smallest absolute Gasteiger partial charge is 0.265 e. The summed E-state index contributed by atoms with van der Waals surface area (Å²) < 4.78 is 3.78. The van der Waals surface area contributed by atoms with Crippen LogP contribution in [0.3, 0.4) is 0 Å². The normalized spacial score (nSPS) is 25.4. The van der Waals surface area contributed by atoms with Gasteiger partial charge in [0.05, 0.1) is 5.69 Å². The number of hydrogen-bond acceptors (Lipinski definition) is 4. The molecule has 4 nitrogen and oxygen atoms in total. The molecule has 16 heavy (non-hydrogen) atoms. The van der Waals surface area contributed by atoms with Crippen LogP contribution in [0.1, 0.15) is 48.0 Å². The minimum Gasteiger partial charge on any atom is -0.349 e. The van der Waals surface area contributed by atoms with E-state index in [2.05, 4.69) is 21.8 Å². The zero-order chi connectivity index (χ0) is 11.5. The Morgan fingerprint density at radius 1 is 1.38 bits per heavy atom. The van der Waals surface area contributed by atoms with Crippen LogP contribution in [0.4, 0.5) is 0 Å². The third-order valence-electron chi connectivity index (χ3n) is 3.21. The molecular formula is C11H17N3OS. The summed E-state index contributed by atoms with van der Waals surface area (Å²) in [6.07, 6.45) is 4.62. The lowest BCUT2D eigenvalue weighted by Gasteiger charge is -2.26. The molecule has 0 radical (unpaired) electrons. The predicted molar refractivity (Wildman–Crippen MR) is 63.5 cm³/mol. The second kappa shape index (κ2) is 4.91. The van der Waals surface area contributed by atoms with Gasteiger partial charge in [-0.15, -0.1) is 5.10 Å². The average molecular weight is 239 g/mol. The number of hydrogen-bond donors (Lipinski definition) is 1. The molecule has 1 amide bonds. The molecule has 1 saturated carbocycles. The van der Waals surface area contributed by atoms with Crippen molar-refractivity contribution in [3.8, 4) is 0 Å². The van der Waals surface area contributed by atoms with Crippen molar-refractivity contribution in [3.05, 3.63) is 10.6 Å². The summed E-state index contributed by atoms with van der Waals surface area (Å²) >= 11 is 1.17. The van der Waals surface area contributed by atoms with E-state index in [0.29, 0.717) is 10.9 Å². The molecule has 0 atom stereocenters. The van der Waals surface area contributed by atoms with Gasteiger partial charge in [0.15, 0.2) is 0 Å². The monoisotopic (exact) mass is 239 g/mol. The molecule has 1 aromatic rings. The number of aryl methyl sites for hydroxylation is 1. The number of rotatable bonds is 2. The fourth-order valence-corrected chi connectivity index (χ4v) is 2.65. The van der Waals surface area contributed by atoms with Crippen LogP contribution in [0, 0.1) is 12.8 Å². The quantitative estimate of drug-likeness (QED) is 0.860. The summed E-state index contributed by atoms with van der Waals surface area (Å²) in [6.45, 7) is 4.09. The number of carbonyl (C=O) groups excluding carboxylic acids is 1. The third kappa shape index (κ3) is 2.58. The zero-order valence-electron chi connectivity index (χ0n) is 9.69. The van der Waals surface area contributed by atoms with Gasteiger partial charge in [-0.1, -0.05) is 11.4 Å². The lowest BCUT2D eigenvalue weighted by Crippen LogP contribution is -2.37. The molecule has 1 aliphatic carbocycles. The fourth-order valence-electron chi connectivity index (χ4n) is 2.10. The van der Waals surface area contributed by atoms with Crippen molar-refractivity contribution in [2.75, 3.05) is 0 Å². The molecule has 0 bridgehead atoms. The van der Waals surface area contributed by atoms with Crippen LogP contribution < -0.4 is 5.32 Å². The van der Waals surface area contributed by atoms with Gasteiger partial charge in [-0.05, 0) is 50.1 Å². The molecule has 88 valence electrons. The lowest BCUT2D eigenvalue weighted by molar-refractivity contribution is 0.0926. The van der Waals surface area contributed by atoms with Crippen LogP contribution in [0.2, 0.25) is 0 Å². The highest BCUT2D eigenvalue weighted by molar-refractivity contribution is 7.07. The maximum atomic E-state index is 11.9. The number of nitrogens with zero attached hydrogens (tertiary/aromatic N) is 2. The van der Waals surface area contributed by atoms with Gasteiger partial charge in [-0.3, -0.25) is 4.79 Å². The van der Waals surface area contributed by atoms with Gasteiger partial charge in [0.2, 0.25) is 0 Å². The Hall–Kier alpha value is -0.970. The Kier molecular flexibility index (Phi) is 3.53. The van der Waals surface area contributed by atoms with Gasteiger partial charge in [0.25, 0.3) is 5.91 Å². The van der Waals surface area contributed by atoms with Gasteiger partial charge in [-0.25, -0.2) is 0 Å². The molecule has 5 heteroatoms. The van der Waals surface area contributed by atoms with Gasteiger partial charge in [0.1, 0.15) is 4.88 Å². The molecule has 1 aliphatic rings. The molecule has 2 rings (SSSR count). The molecule has 0 aliphatic heterocycles. The molecule has 0 unspecified atom stereocenters. The fraction of sp³-hybridized carbons (Fsp3) is 0.727. The Morgan fingerprint density at radius 2 is 2.06 bits per heavy atom. The average Bonchev–Trinajstić information content (AvgIpc) is 2.68. The summed E-state index contributed by atoms with van der Waals surface area (Å²) in [7, 11) is 0. The summed E-state index contributed by atoms with van der Waals surface area (Å²) in [5, 5.41) is 6.92. The first-order valence-electron chi connectivity index (χ1n) is 5.76. The Bertz CT molecular complexity index is 369. The molecule has 1 N–H and O–H groups in total. The highest BCUT2D eigenvalue weighted by atomic mass is 32.1. The van der Waals surface area contributed by atoms with E-state index in [1.54, 1.807) is 0 Å². The highest BCUT2D eigenvalue weighted by Crippen LogP contribution is 2.23. The molecule has 1 heterocycles. The second-order valence-electron chi connectivity index (χ2n) is 4.62. The van der Waals surface area contributed by atoms with E-state index in [4.69, 9.17) is 0 Å².